The van der Waals surface area contributed by atoms with Gasteiger partial charge in [-0.2, -0.15) is 0 Å². The summed E-state index contributed by atoms with van der Waals surface area (Å²) in [5.74, 6) is 0.423. The Morgan fingerprint density at radius 2 is 1.44 bits per heavy atom. The molecule has 13 nitrogen and oxygen atoms in total. The van der Waals surface area contributed by atoms with Gasteiger partial charge in [-0.05, 0) is 93.4 Å². The Labute approximate surface area is 349 Å². The summed E-state index contributed by atoms with van der Waals surface area (Å²) in [5, 5.41) is 15.0. The fourth-order valence-electron chi connectivity index (χ4n) is 9.41. The monoisotopic (exact) mass is 815 g/mol. The Kier molecular flexibility index (Phi) is 16.3. The molecule has 7 aliphatic rings. The number of para-hydroxylation sites is 1. The Morgan fingerprint density at radius 3 is 2.14 bits per heavy atom. The largest absolute Gasteiger partial charge is 0.490 e. The summed E-state index contributed by atoms with van der Waals surface area (Å²) in [4.78, 5) is 68.8. The van der Waals surface area contributed by atoms with Gasteiger partial charge >= 0.3 is 0 Å². The van der Waals surface area contributed by atoms with Crippen molar-refractivity contribution in [2.24, 2.45) is 17.8 Å². The van der Waals surface area contributed by atoms with Gasteiger partial charge in [0, 0.05) is 31.5 Å². The zero-order valence-corrected chi connectivity index (χ0v) is 35.0. The Morgan fingerprint density at radius 1 is 0.729 bits per heavy atom. The van der Waals surface area contributed by atoms with Gasteiger partial charge in [-0.25, -0.2) is 0 Å². The molecule has 2 aromatic rings. The predicted molar refractivity (Wildman–Crippen MR) is 224 cm³/mol. The van der Waals surface area contributed by atoms with Crippen molar-refractivity contribution in [3.05, 3.63) is 53.6 Å². The predicted octanol–water partition coefficient (Wildman–Crippen LogP) is 5.42. The van der Waals surface area contributed by atoms with Crippen LogP contribution >= 0.6 is 0 Å². The van der Waals surface area contributed by atoms with E-state index in [1.54, 1.807) is 6.07 Å². The first kappa shape index (κ1) is 43.8. The van der Waals surface area contributed by atoms with Gasteiger partial charge in [-0.1, -0.05) is 75.6 Å². The molecule has 3 saturated carbocycles. The minimum atomic E-state index is -0.894. The Bertz CT molecular complexity index is 1720. The molecule has 0 saturated heterocycles. The van der Waals surface area contributed by atoms with Crippen molar-refractivity contribution in [1.29, 1.82) is 0 Å². The Balaban J connectivity index is 1.26. The SMILES string of the molecule is CCOc1cccc2c1OCC(=O)NC1CCC(CC1)CC(=O)N[C@@H](C1CCCCC1)C(=O)N[C@H](CC1CCCCC1)C(=O)N[C@H](C(=O)NC)Cc1ccc(cc1)OC2. The number of benzene rings is 2. The average Bonchev–Trinajstić information content (AvgIpc) is 3.25. The normalized spacial score (nSPS) is 26.1. The van der Waals surface area contributed by atoms with Gasteiger partial charge in [0.2, 0.25) is 23.6 Å². The summed E-state index contributed by atoms with van der Waals surface area (Å²) in [6.45, 7) is 2.27. The number of likely N-dealkylation sites (N-methyl/N-ethyl adjacent to an activating group) is 1. The summed E-state index contributed by atoms with van der Waals surface area (Å²) >= 11 is 0. The fraction of sp³-hybridized carbons (Fsp3) is 0.630. The van der Waals surface area contributed by atoms with Crippen LogP contribution in [0.25, 0.3) is 0 Å². The minimum absolute atomic E-state index is 0.0301. The first-order valence-corrected chi connectivity index (χ1v) is 22.2. The van der Waals surface area contributed by atoms with Crippen LogP contribution in [0.5, 0.6) is 17.2 Å². The van der Waals surface area contributed by atoms with Crippen LogP contribution in [0.2, 0.25) is 0 Å². The van der Waals surface area contributed by atoms with Crippen LogP contribution in [0.4, 0.5) is 0 Å². The molecule has 5 N–H and O–H groups in total. The van der Waals surface area contributed by atoms with Crippen LogP contribution in [0.3, 0.4) is 0 Å². The van der Waals surface area contributed by atoms with Crippen LogP contribution < -0.4 is 40.8 Å². The molecule has 0 aromatic heterocycles. The molecule has 2 aromatic carbocycles. The molecule has 0 unspecified atom stereocenters. The lowest BCUT2D eigenvalue weighted by Gasteiger charge is -2.33. The Hall–Kier alpha value is -4.81. The van der Waals surface area contributed by atoms with E-state index in [1.807, 2.05) is 43.3 Å². The number of ether oxygens (including phenoxy) is 3. The van der Waals surface area contributed by atoms with Crippen LogP contribution in [0, 0.1) is 17.8 Å². The maximum absolute atomic E-state index is 14.4. The quantitative estimate of drug-likeness (QED) is 0.258. The minimum Gasteiger partial charge on any atom is -0.490 e. The highest BCUT2D eigenvalue weighted by Crippen LogP contribution is 2.34. The third-order valence-electron chi connectivity index (χ3n) is 12.7. The summed E-state index contributed by atoms with van der Waals surface area (Å²) in [6.07, 6.45) is 14.0. The van der Waals surface area contributed by atoms with Crippen LogP contribution in [0.15, 0.2) is 42.5 Å². The first-order valence-electron chi connectivity index (χ1n) is 22.2. The average molecular weight is 816 g/mol. The lowest BCUT2D eigenvalue weighted by molar-refractivity contribution is -0.135. The molecule has 322 valence electrons. The number of amides is 5. The molecule has 0 spiro atoms. The molecular formula is C46H65N5O8. The molecule has 13 heteroatoms. The second-order valence-corrected chi connectivity index (χ2v) is 17.0. The first-order chi connectivity index (χ1) is 28.7. The third-order valence-corrected chi connectivity index (χ3v) is 12.7. The van der Waals surface area contributed by atoms with Gasteiger partial charge in [0.15, 0.2) is 18.1 Å². The number of hydrogen-bond donors (Lipinski definition) is 5. The fourth-order valence-corrected chi connectivity index (χ4v) is 9.41. The molecule has 4 heterocycles. The van der Waals surface area contributed by atoms with E-state index in [2.05, 4.69) is 26.6 Å². The van der Waals surface area contributed by atoms with Crippen molar-refractivity contribution >= 4 is 29.5 Å². The maximum Gasteiger partial charge on any atom is 0.258 e. The topological polar surface area (TPSA) is 173 Å². The van der Waals surface area contributed by atoms with Crippen molar-refractivity contribution in [3.8, 4) is 17.2 Å². The zero-order valence-electron chi connectivity index (χ0n) is 35.0. The van der Waals surface area contributed by atoms with Crippen LogP contribution in [-0.2, 0) is 37.0 Å². The molecule has 9 rings (SSSR count). The molecule has 3 atom stereocenters. The molecule has 4 bridgehead atoms. The smallest absolute Gasteiger partial charge is 0.258 e. The molecular weight excluding hydrogens is 751 g/mol. The van der Waals surface area contributed by atoms with Gasteiger partial charge in [0.05, 0.1) is 6.61 Å². The van der Waals surface area contributed by atoms with Crippen LogP contribution in [0.1, 0.15) is 121 Å². The van der Waals surface area contributed by atoms with E-state index >= 15 is 0 Å². The molecule has 3 aliphatic carbocycles. The van der Waals surface area contributed by atoms with Gasteiger partial charge in [-0.3, -0.25) is 24.0 Å². The van der Waals surface area contributed by atoms with E-state index in [9.17, 15) is 24.0 Å². The van der Waals surface area contributed by atoms with Crippen molar-refractivity contribution < 1.29 is 38.2 Å². The van der Waals surface area contributed by atoms with Gasteiger partial charge in [0.1, 0.15) is 30.5 Å². The second-order valence-electron chi connectivity index (χ2n) is 17.0. The van der Waals surface area contributed by atoms with Gasteiger partial charge in [0.25, 0.3) is 5.91 Å². The van der Waals surface area contributed by atoms with E-state index in [0.717, 1.165) is 95.5 Å². The highest BCUT2D eigenvalue weighted by Gasteiger charge is 2.36. The number of nitrogens with one attached hydrogen (secondary N) is 5. The van der Waals surface area contributed by atoms with E-state index in [0.29, 0.717) is 42.3 Å². The number of rotatable bonds is 6. The third kappa shape index (κ3) is 12.8. The highest BCUT2D eigenvalue weighted by molar-refractivity contribution is 5.94. The van der Waals surface area contributed by atoms with E-state index < -0.39 is 24.0 Å². The summed E-state index contributed by atoms with van der Waals surface area (Å²) in [6, 6.07) is 10.3. The van der Waals surface area contributed by atoms with Crippen molar-refractivity contribution in [2.75, 3.05) is 20.3 Å². The maximum atomic E-state index is 14.4. The van der Waals surface area contributed by atoms with Crippen LogP contribution in [-0.4, -0.2) is 74.0 Å². The van der Waals surface area contributed by atoms with E-state index in [1.165, 1.54) is 7.05 Å². The standard InChI is InChI=1S/C46H65N5O8/c1-3-57-39-16-10-15-34-28-58-36-23-19-31(20-24-36)26-37(44(54)47-2)49-45(55)38(25-30-11-6-4-7-12-30)50-46(56)42(33-13-8-5-9-14-33)51-40(52)27-32-17-21-35(22-18-32)48-41(53)29-59-43(34)39/h10,15-16,19-20,23-24,30,32-33,35,37-38,42H,3-9,11-14,17-18,21-22,25-29H2,1-2H3,(H,47,54)(H,48,53)(H,49,55)(H,50,56)(H,51,52)/t32?,35?,37-,38+,42-/m0/s1. The molecule has 5 amide bonds. The van der Waals surface area contributed by atoms with E-state index in [4.69, 9.17) is 14.2 Å². The van der Waals surface area contributed by atoms with Crippen molar-refractivity contribution in [3.63, 3.8) is 0 Å². The lowest BCUT2D eigenvalue weighted by Crippen LogP contribution is -2.58. The second kappa shape index (κ2) is 22.0. The molecule has 4 aliphatic heterocycles. The number of hydrogen-bond acceptors (Lipinski definition) is 8. The van der Waals surface area contributed by atoms with Crippen molar-refractivity contribution in [1.82, 2.24) is 26.6 Å². The van der Waals surface area contributed by atoms with E-state index in [-0.39, 0.29) is 67.1 Å². The molecule has 0 radical (unpaired) electrons. The van der Waals surface area contributed by atoms with Gasteiger partial charge in [-0.15, -0.1) is 0 Å². The molecule has 59 heavy (non-hydrogen) atoms. The number of carbonyl (C=O) groups is 5. The number of carbonyl (C=O) groups excluding carboxylic acids is 5. The van der Waals surface area contributed by atoms with Gasteiger partial charge < -0.3 is 40.8 Å². The lowest BCUT2D eigenvalue weighted by atomic mass is 9.82. The zero-order chi connectivity index (χ0) is 41.6. The summed E-state index contributed by atoms with van der Waals surface area (Å²) in [5.41, 5.74) is 1.52. The van der Waals surface area contributed by atoms with Crippen molar-refractivity contribution in [2.45, 2.75) is 147 Å². The highest BCUT2D eigenvalue weighted by atomic mass is 16.5. The summed E-state index contributed by atoms with van der Waals surface area (Å²) < 4.78 is 18.1. The summed E-state index contributed by atoms with van der Waals surface area (Å²) in [7, 11) is 1.54. The molecule has 3 fully saturated rings.